The summed E-state index contributed by atoms with van der Waals surface area (Å²) < 4.78 is 4.50. The topological polar surface area (TPSA) is 67.4 Å². The van der Waals surface area contributed by atoms with Gasteiger partial charge in [-0.15, -0.1) is 0 Å². The molecule has 1 atom stereocenters. The Kier molecular flexibility index (Phi) is 6.74. The molecule has 5 nitrogen and oxygen atoms in total. The number of ether oxygens (including phenoxy) is 1. The second-order valence-corrected chi connectivity index (χ2v) is 3.02. The second kappa shape index (κ2) is 7.32. The highest BCUT2D eigenvalue weighted by atomic mass is 16.5. The van der Waals surface area contributed by atoms with Gasteiger partial charge in [-0.25, -0.2) is 0 Å². The van der Waals surface area contributed by atoms with Crippen LogP contribution in [0.2, 0.25) is 0 Å². The molecule has 0 radical (unpaired) electrons. The van der Waals surface area contributed by atoms with Gasteiger partial charge in [-0.1, -0.05) is 0 Å². The lowest BCUT2D eigenvalue weighted by Gasteiger charge is -2.11. The number of amides is 1. The van der Waals surface area contributed by atoms with Crippen molar-refractivity contribution in [3.8, 4) is 0 Å². The molecule has 2 N–H and O–H groups in total. The Morgan fingerprint density at radius 2 is 2.07 bits per heavy atom. The number of methoxy groups -OCH3 is 1. The summed E-state index contributed by atoms with van der Waals surface area (Å²) in [7, 11) is 1.35. The Bertz CT molecular complexity index is 194. The highest BCUT2D eigenvalue weighted by Crippen LogP contribution is 1.91. The van der Waals surface area contributed by atoms with Gasteiger partial charge in [-0.05, 0) is 13.8 Å². The zero-order valence-electron chi connectivity index (χ0n) is 8.92. The molecule has 5 heteroatoms. The highest BCUT2D eigenvalue weighted by molar-refractivity contribution is 5.78. The SMILES string of the molecule is CCNC(=O)CNC(C)CC(=O)OC. The first-order chi connectivity index (χ1) is 6.60. The van der Waals surface area contributed by atoms with Gasteiger partial charge < -0.3 is 15.4 Å². The van der Waals surface area contributed by atoms with Gasteiger partial charge in [0.05, 0.1) is 20.1 Å². The van der Waals surface area contributed by atoms with Gasteiger partial charge in [0.15, 0.2) is 0 Å². The minimum absolute atomic E-state index is 0.0509. The van der Waals surface area contributed by atoms with Crippen LogP contribution in [-0.2, 0) is 14.3 Å². The van der Waals surface area contributed by atoms with Gasteiger partial charge >= 0.3 is 5.97 Å². The molecule has 1 unspecified atom stereocenters. The van der Waals surface area contributed by atoms with Crippen molar-refractivity contribution in [1.29, 1.82) is 0 Å². The lowest BCUT2D eigenvalue weighted by molar-refractivity contribution is -0.141. The molecule has 0 aliphatic rings. The molecule has 0 fully saturated rings. The third-order valence-corrected chi connectivity index (χ3v) is 1.69. The van der Waals surface area contributed by atoms with Gasteiger partial charge in [0.25, 0.3) is 0 Å². The van der Waals surface area contributed by atoms with E-state index in [0.29, 0.717) is 6.54 Å². The number of esters is 1. The predicted octanol–water partition coefficient (Wildman–Crippen LogP) is -0.336. The molecule has 0 heterocycles. The number of nitrogens with one attached hydrogen (secondary N) is 2. The van der Waals surface area contributed by atoms with Crippen LogP contribution in [0.3, 0.4) is 0 Å². The third-order valence-electron chi connectivity index (χ3n) is 1.69. The van der Waals surface area contributed by atoms with E-state index < -0.39 is 0 Å². The van der Waals surface area contributed by atoms with Crippen LogP contribution in [0.15, 0.2) is 0 Å². The summed E-state index contributed by atoms with van der Waals surface area (Å²) in [5.74, 6) is -0.342. The van der Waals surface area contributed by atoms with E-state index in [1.165, 1.54) is 7.11 Å². The molecule has 0 saturated heterocycles. The summed E-state index contributed by atoms with van der Waals surface area (Å²) >= 11 is 0. The van der Waals surface area contributed by atoms with Gasteiger partial charge in [0, 0.05) is 12.6 Å². The Labute approximate surface area is 84.2 Å². The second-order valence-electron chi connectivity index (χ2n) is 3.02. The summed E-state index contributed by atoms with van der Waals surface area (Å²) in [6.45, 7) is 4.53. The molecule has 0 saturated carbocycles. The van der Waals surface area contributed by atoms with Crippen molar-refractivity contribution >= 4 is 11.9 Å². The number of carbonyl (C=O) groups is 2. The van der Waals surface area contributed by atoms with Gasteiger partial charge in [0.2, 0.25) is 5.91 Å². The van der Waals surface area contributed by atoms with Crippen LogP contribution < -0.4 is 10.6 Å². The average molecular weight is 202 g/mol. The molecule has 0 rings (SSSR count). The quantitative estimate of drug-likeness (QED) is 0.578. The van der Waals surface area contributed by atoms with Crippen LogP contribution in [0.25, 0.3) is 0 Å². The minimum atomic E-state index is -0.277. The number of rotatable bonds is 6. The van der Waals surface area contributed by atoms with E-state index in [1.54, 1.807) is 0 Å². The van der Waals surface area contributed by atoms with Crippen molar-refractivity contribution in [2.24, 2.45) is 0 Å². The number of hydrogen-bond donors (Lipinski definition) is 2. The fraction of sp³-hybridized carbons (Fsp3) is 0.778. The maximum atomic E-state index is 11.0. The van der Waals surface area contributed by atoms with E-state index in [4.69, 9.17) is 0 Å². The predicted molar refractivity (Wildman–Crippen MR) is 52.8 cm³/mol. The van der Waals surface area contributed by atoms with Gasteiger partial charge in [0.1, 0.15) is 0 Å². The first-order valence-corrected chi connectivity index (χ1v) is 4.67. The average Bonchev–Trinajstić information content (AvgIpc) is 2.15. The molecule has 0 aliphatic heterocycles. The maximum Gasteiger partial charge on any atom is 0.307 e. The zero-order chi connectivity index (χ0) is 11.0. The number of hydrogen-bond acceptors (Lipinski definition) is 4. The standard InChI is InChI=1S/C9H18N2O3/c1-4-10-8(12)6-11-7(2)5-9(13)14-3/h7,11H,4-6H2,1-3H3,(H,10,12). The van der Waals surface area contributed by atoms with Crippen LogP contribution in [0.5, 0.6) is 0 Å². The van der Waals surface area contributed by atoms with Crippen molar-refractivity contribution in [3.63, 3.8) is 0 Å². The van der Waals surface area contributed by atoms with E-state index in [9.17, 15) is 9.59 Å². The molecule has 0 aliphatic carbocycles. The molecule has 14 heavy (non-hydrogen) atoms. The summed E-state index contributed by atoms with van der Waals surface area (Å²) in [6.07, 6.45) is 0.274. The molecule has 1 amide bonds. The van der Waals surface area contributed by atoms with E-state index in [1.807, 2.05) is 13.8 Å². The monoisotopic (exact) mass is 202 g/mol. The van der Waals surface area contributed by atoms with Crippen molar-refractivity contribution in [2.75, 3.05) is 20.2 Å². The molecule has 0 aromatic rings. The van der Waals surface area contributed by atoms with E-state index in [-0.39, 0.29) is 30.9 Å². The van der Waals surface area contributed by atoms with E-state index in [2.05, 4.69) is 15.4 Å². The van der Waals surface area contributed by atoms with Crippen LogP contribution >= 0.6 is 0 Å². The van der Waals surface area contributed by atoms with E-state index >= 15 is 0 Å². The van der Waals surface area contributed by atoms with E-state index in [0.717, 1.165) is 0 Å². The van der Waals surface area contributed by atoms with Crippen LogP contribution in [0, 0.1) is 0 Å². The summed E-state index contributed by atoms with van der Waals surface area (Å²) in [6, 6.07) is -0.0509. The molecule has 0 bridgehead atoms. The van der Waals surface area contributed by atoms with Crippen molar-refractivity contribution in [2.45, 2.75) is 26.3 Å². The van der Waals surface area contributed by atoms with Gasteiger partial charge in [-0.3, -0.25) is 9.59 Å². The molecular weight excluding hydrogens is 184 g/mol. The lowest BCUT2D eigenvalue weighted by atomic mass is 10.2. The fourth-order valence-electron chi connectivity index (χ4n) is 0.932. The molecule has 0 aromatic heterocycles. The zero-order valence-corrected chi connectivity index (χ0v) is 8.92. The van der Waals surface area contributed by atoms with Crippen molar-refractivity contribution < 1.29 is 14.3 Å². The van der Waals surface area contributed by atoms with Crippen LogP contribution in [0.4, 0.5) is 0 Å². The smallest absolute Gasteiger partial charge is 0.307 e. The maximum absolute atomic E-state index is 11.0. The third kappa shape index (κ3) is 6.42. The number of carbonyl (C=O) groups excluding carboxylic acids is 2. The Morgan fingerprint density at radius 3 is 2.57 bits per heavy atom. The summed E-state index contributed by atoms with van der Waals surface area (Å²) in [5.41, 5.74) is 0. The molecule has 0 spiro atoms. The first-order valence-electron chi connectivity index (χ1n) is 4.67. The largest absolute Gasteiger partial charge is 0.469 e. The summed E-state index contributed by atoms with van der Waals surface area (Å²) in [5, 5.41) is 5.57. The Balaban J connectivity index is 3.57. The molecular formula is C9H18N2O3. The van der Waals surface area contributed by atoms with Crippen molar-refractivity contribution in [3.05, 3.63) is 0 Å². The highest BCUT2D eigenvalue weighted by Gasteiger charge is 2.09. The normalized spacial score (nSPS) is 11.9. The first kappa shape index (κ1) is 12.9. The summed E-state index contributed by atoms with van der Waals surface area (Å²) in [4.78, 5) is 21.8. The fourth-order valence-corrected chi connectivity index (χ4v) is 0.932. The van der Waals surface area contributed by atoms with Crippen LogP contribution in [-0.4, -0.2) is 38.1 Å². The lowest BCUT2D eigenvalue weighted by Crippen LogP contribution is -2.38. The van der Waals surface area contributed by atoms with Gasteiger partial charge in [-0.2, -0.15) is 0 Å². The molecule has 0 aromatic carbocycles. The van der Waals surface area contributed by atoms with Crippen molar-refractivity contribution in [1.82, 2.24) is 10.6 Å². The number of likely N-dealkylation sites (N-methyl/N-ethyl adjacent to an activating group) is 1. The Hall–Kier alpha value is -1.10. The van der Waals surface area contributed by atoms with Crippen LogP contribution in [0.1, 0.15) is 20.3 Å². The Morgan fingerprint density at radius 1 is 1.43 bits per heavy atom. The minimum Gasteiger partial charge on any atom is -0.469 e. The molecule has 82 valence electrons.